The van der Waals surface area contributed by atoms with E-state index in [1.54, 1.807) is 0 Å². The van der Waals surface area contributed by atoms with Crippen LogP contribution in [0.15, 0.2) is 42.5 Å². The van der Waals surface area contributed by atoms with Crippen LogP contribution in [0.5, 0.6) is 5.75 Å². The van der Waals surface area contributed by atoms with E-state index in [4.69, 9.17) is 4.74 Å². The second-order valence-electron chi connectivity index (χ2n) is 6.70. The summed E-state index contributed by atoms with van der Waals surface area (Å²) in [5.41, 5.74) is 0. The van der Waals surface area contributed by atoms with Crippen LogP contribution in [0.1, 0.15) is 25.7 Å². The summed E-state index contributed by atoms with van der Waals surface area (Å²) in [6.07, 6.45) is 3.96. The fourth-order valence-electron chi connectivity index (χ4n) is 3.37. The van der Waals surface area contributed by atoms with Gasteiger partial charge in [0.25, 0.3) is 0 Å². The van der Waals surface area contributed by atoms with E-state index in [9.17, 15) is 13.2 Å². The van der Waals surface area contributed by atoms with Crippen molar-refractivity contribution in [2.45, 2.75) is 31.7 Å². The maximum absolute atomic E-state index is 12.4. The Kier molecular flexibility index (Phi) is 5.39. The summed E-state index contributed by atoms with van der Waals surface area (Å²) in [4.78, 5) is 12.4. The highest BCUT2D eigenvalue weighted by atomic mass is 32.2. The third-order valence-electron chi connectivity index (χ3n) is 4.67. The van der Waals surface area contributed by atoms with Crippen molar-refractivity contribution < 1.29 is 17.9 Å². The van der Waals surface area contributed by atoms with Crippen molar-refractivity contribution in [2.75, 3.05) is 12.9 Å². The maximum atomic E-state index is 12.4. The fraction of sp³-hybridized carbons (Fsp3) is 0.421. The van der Waals surface area contributed by atoms with Crippen LogP contribution in [0, 0.1) is 5.92 Å². The topological polar surface area (TPSA) is 72.5 Å². The molecule has 1 saturated carbocycles. The molecule has 2 aromatic carbocycles. The predicted molar refractivity (Wildman–Crippen MR) is 98.2 cm³/mol. The van der Waals surface area contributed by atoms with Gasteiger partial charge in [0.05, 0.1) is 6.26 Å². The third kappa shape index (κ3) is 5.03. The molecule has 0 unspecified atom stereocenters. The van der Waals surface area contributed by atoms with Gasteiger partial charge in [-0.3, -0.25) is 4.79 Å². The van der Waals surface area contributed by atoms with E-state index >= 15 is 0 Å². The Labute approximate surface area is 148 Å². The number of ketones is 1. The first-order chi connectivity index (χ1) is 11.9. The molecule has 6 heteroatoms. The molecule has 0 aromatic heterocycles. The van der Waals surface area contributed by atoms with Crippen LogP contribution in [-0.2, 0) is 14.8 Å². The number of sulfonamides is 1. The van der Waals surface area contributed by atoms with Gasteiger partial charge in [-0.05, 0) is 48.6 Å². The monoisotopic (exact) mass is 361 g/mol. The summed E-state index contributed by atoms with van der Waals surface area (Å²) in [6.45, 7) is 0.0627. The second kappa shape index (κ2) is 7.54. The van der Waals surface area contributed by atoms with E-state index in [2.05, 4.69) is 4.72 Å². The molecule has 1 aliphatic carbocycles. The van der Waals surface area contributed by atoms with Crippen LogP contribution < -0.4 is 9.46 Å². The molecule has 2 aromatic rings. The molecule has 134 valence electrons. The number of carbonyl (C=O) groups is 1. The first-order valence-electron chi connectivity index (χ1n) is 8.52. The summed E-state index contributed by atoms with van der Waals surface area (Å²) >= 11 is 0. The number of rotatable bonds is 6. The maximum Gasteiger partial charge on any atom is 0.208 e. The van der Waals surface area contributed by atoms with E-state index in [1.807, 2.05) is 42.5 Å². The van der Waals surface area contributed by atoms with Gasteiger partial charge in [0, 0.05) is 12.0 Å². The Hall–Kier alpha value is -1.92. The highest BCUT2D eigenvalue weighted by molar-refractivity contribution is 7.88. The Morgan fingerprint density at radius 2 is 1.76 bits per heavy atom. The molecule has 5 nitrogen and oxygen atoms in total. The molecule has 0 bridgehead atoms. The van der Waals surface area contributed by atoms with E-state index in [0.29, 0.717) is 31.4 Å². The number of fused-ring (bicyclic) bond motifs is 1. The lowest BCUT2D eigenvalue weighted by atomic mass is 9.84. The Balaban J connectivity index is 1.51. The SMILES string of the molecule is CS(=O)(=O)NC1CCC(C(=O)COc2ccc3ccccc3c2)CC1. The molecule has 0 radical (unpaired) electrons. The zero-order valence-electron chi connectivity index (χ0n) is 14.3. The highest BCUT2D eigenvalue weighted by Gasteiger charge is 2.27. The summed E-state index contributed by atoms with van der Waals surface area (Å²) < 4.78 is 30.8. The van der Waals surface area contributed by atoms with Gasteiger partial charge in [-0.15, -0.1) is 0 Å². The standard InChI is InChI=1S/C19H23NO4S/c1-25(22,23)20-17-9-6-15(7-10-17)19(21)13-24-18-11-8-14-4-2-3-5-16(14)12-18/h2-5,8,11-12,15,17,20H,6-7,9-10,13H2,1H3. The van der Waals surface area contributed by atoms with Gasteiger partial charge < -0.3 is 4.74 Å². The lowest BCUT2D eigenvalue weighted by Gasteiger charge is -2.27. The molecule has 1 N–H and O–H groups in total. The quantitative estimate of drug-likeness (QED) is 0.859. The van der Waals surface area contributed by atoms with Crippen LogP contribution in [0.25, 0.3) is 10.8 Å². The number of carbonyl (C=O) groups excluding carboxylic acids is 1. The normalized spacial score (nSPS) is 21.2. The van der Waals surface area contributed by atoms with E-state index < -0.39 is 10.0 Å². The van der Waals surface area contributed by atoms with Crippen molar-refractivity contribution in [3.05, 3.63) is 42.5 Å². The number of nitrogens with one attached hydrogen (secondary N) is 1. The zero-order chi connectivity index (χ0) is 17.9. The molecule has 1 fully saturated rings. The summed E-state index contributed by atoms with van der Waals surface area (Å²) in [5.74, 6) is 0.739. The summed E-state index contributed by atoms with van der Waals surface area (Å²) in [7, 11) is -3.19. The van der Waals surface area contributed by atoms with Gasteiger partial charge in [-0.2, -0.15) is 0 Å². The molecule has 1 aliphatic rings. The predicted octanol–water partition coefficient (Wildman–Crippen LogP) is 2.90. The van der Waals surface area contributed by atoms with Crippen LogP contribution in [0.2, 0.25) is 0 Å². The summed E-state index contributed by atoms with van der Waals surface area (Å²) in [6, 6.07) is 13.8. The Morgan fingerprint density at radius 3 is 2.44 bits per heavy atom. The van der Waals surface area contributed by atoms with E-state index in [0.717, 1.165) is 10.8 Å². The molecule has 3 rings (SSSR count). The minimum absolute atomic E-state index is 0.0435. The van der Waals surface area contributed by atoms with Crippen molar-refractivity contribution in [1.29, 1.82) is 0 Å². The highest BCUT2D eigenvalue weighted by Crippen LogP contribution is 2.26. The lowest BCUT2D eigenvalue weighted by molar-refractivity contribution is -0.125. The summed E-state index contributed by atoms with van der Waals surface area (Å²) in [5, 5.41) is 2.22. The molecular formula is C19H23NO4S. The average molecular weight is 361 g/mol. The van der Waals surface area contributed by atoms with Gasteiger partial charge in [0.1, 0.15) is 12.4 Å². The van der Waals surface area contributed by atoms with Crippen molar-refractivity contribution in [1.82, 2.24) is 4.72 Å². The van der Waals surface area contributed by atoms with Crippen molar-refractivity contribution >= 4 is 26.6 Å². The van der Waals surface area contributed by atoms with Crippen LogP contribution in [0.3, 0.4) is 0 Å². The van der Waals surface area contributed by atoms with Gasteiger partial charge in [0.2, 0.25) is 10.0 Å². The van der Waals surface area contributed by atoms with Gasteiger partial charge in [-0.1, -0.05) is 30.3 Å². The molecule has 25 heavy (non-hydrogen) atoms. The fourth-order valence-corrected chi connectivity index (χ4v) is 4.21. The molecule has 0 spiro atoms. The number of benzene rings is 2. The zero-order valence-corrected chi connectivity index (χ0v) is 15.1. The van der Waals surface area contributed by atoms with Gasteiger partial charge >= 0.3 is 0 Å². The molecule has 0 amide bonds. The molecule has 0 heterocycles. The van der Waals surface area contributed by atoms with Crippen molar-refractivity contribution in [3.63, 3.8) is 0 Å². The van der Waals surface area contributed by atoms with Crippen LogP contribution >= 0.6 is 0 Å². The molecular weight excluding hydrogens is 338 g/mol. The van der Waals surface area contributed by atoms with Crippen LogP contribution in [0.4, 0.5) is 0 Å². The Morgan fingerprint density at radius 1 is 1.08 bits per heavy atom. The first kappa shape index (κ1) is 17.9. The van der Waals surface area contributed by atoms with Gasteiger partial charge in [0.15, 0.2) is 5.78 Å². The third-order valence-corrected chi connectivity index (χ3v) is 5.43. The van der Waals surface area contributed by atoms with E-state index in [1.165, 1.54) is 6.26 Å². The molecule has 0 atom stereocenters. The largest absolute Gasteiger partial charge is 0.486 e. The lowest BCUT2D eigenvalue weighted by Crippen LogP contribution is -2.38. The minimum Gasteiger partial charge on any atom is -0.486 e. The number of ether oxygens (including phenoxy) is 1. The first-order valence-corrected chi connectivity index (χ1v) is 10.4. The van der Waals surface area contributed by atoms with Crippen LogP contribution in [-0.4, -0.2) is 33.1 Å². The Bertz CT molecular complexity index is 855. The van der Waals surface area contributed by atoms with Crippen molar-refractivity contribution in [2.24, 2.45) is 5.92 Å². The second-order valence-corrected chi connectivity index (χ2v) is 8.48. The minimum atomic E-state index is -3.19. The molecule has 0 aliphatic heterocycles. The van der Waals surface area contributed by atoms with Crippen molar-refractivity contribution in [3.8, 4) is 5.75 Å². The number of Topliss-reactive ketones (excluding diaryl/α,β-unsaturated/α-hetero) is 1. The number of hydrogen-bond donors (Lipinski definition) is 1. The van der Waals surface area contributed by atoms with E-state index in [-0.39, 0.29) is 24.3 Å². The molecule has 0 saturated heterocycles. The number of hydrogen-bond acceptors (Lipinski definition) is 4. The van der Waals surface area contributed by atoms with Gasteiger partial charge in [-0.25, -0.2) is 13.1 Å². The smallest absolute Gasteiger partial charge is 0.208 e. The average Bonchev–Trinajstić information content (AvgIpc) is 2.59.